The number of aliphatic hydroxyl groups is 1. The number of aliphatic hydroxyl groups excluding tert-OH is 1. The number of hydrogen-bond acceptors (Lipinski definition) is 5. The zero-order valence-electron chi connectivity index (χ0n) is 23.0. The highest BCUT2D eigenvalue weighted by atomic mass is 16.6. The van der Waals surface area contributed by atoms with Crippen LogP contribution in [0, 0.1) is 0 Å². The van der Waals surface area contributed by atoms with E-state index in [9.17, 15) is 14.7 Å². The highest BCUT2D eigenvalue weighted by Gasteiger charge is 2.25. The first-order chi connectivity index (χ1) is 17.2. The molecule has 0 fully saturated rings. The van der Waals surface area contributed by atoms with E-state index in [-0.39, 0.29) is 6.61 Å². The van der Waals surface area contributed by atoms with Crippen molar-refractivity contribution in [2.75, 3.05) is 6.61 Å². The van der Waals surface area contributed by atoms with E-state index >= 15 is 0 Å². The van der Waals surface area contributed by atoms with Gasteiger partial charge in [-0.05, 0) is 45.7 Å². The first-order valence-corrected chi connectivity index (χ1v) is 13.8. The zero-order chi connectivity index (χ0) is 26.7. The average molecular weight is 504 g/mol. The maximum absolute atomic E-state index is 12.3. The lowest BCUT2D eigenvalue weighted by molar-refractivity contribution is 0.0263. The van der Waals surface area contributed by atoms with Crippen LogP contribution in [0.1, 0.15) is 115 Å². The van der Waals surface area contributed by atoms with Gasteiger partial charge < -0.3 is 19.9 Å². The molecule has 36 heavy (non-hydrogen) atoms. The molecule has 0 radical (unpaired) electrons. The fourth-order valence-electron chi connectivity index (χ4n) is 3.80. The molecule has 1 aromatic rings. The van der Waals surface area contributed by atoms with Gasteiger partial charge in [0.2, 0.25) is 0 Å². The van der Waals surface area contributed by atoms with Crippen molar-refractivity contribution in [1.29, 1.82) is 0 Å². The van der Waals surface area contributed by atoms with Gasteiger partial charge in [0, 0.05) is 0 Å². The minimum Gasteiger partial charge on any atom is -0.460 e. The van der Waals surface area contributed by atoms with Crippen LogP contribution in [-0.2, 0) is 9.47 Å². The summed E-state index contributed by atoms with van der Waals surface area (Å²) in [5.74, 6) is -0.510. The van der Waals surface area contributed by atoms with Crippen molar-refractivity contribution in [2.24, 2.45) is 0 Å². The summed E-state index contributed by atoms with van der Waals surface area (Å²) in [6.07, 6.45) is 17.0. The summed E-state index contributed by atoms with van der Waals surface area (Å²) < 4.78 is 10.7. The third kappa shape index (κ3) is 16.4. The van der Waals surface area contributed by atoms with E-state index in [1.165, 1.54) is 64.2 Å². The summed E-state index contributed by atoms with van der Waals surface area (Å²) >= 11 is 0. The maximum Gasteiger partial charge on any atom is 0.408 e. The number of unbranched alkanes of at least 4 members (excludes halogenated alkanes) is 11. The van der Waals surface area contributed by atoms with E-state index in [2.05, 4.69) is 12.2 Å². The number of hydrogen-bond donors (Lipinski definition) is 2. The molecule has 0 saturated carbocycles. The average Bonchev–Trinajstić information content (AvgIpc) is 2.83. The minimum atomic E-state index is -1.01. The van der Waals surface area contributed by atoms with Crippen molar-refractivity contribution >= 4 is 12.1 Å². The first-order valence-electron chi connectivity index (χ1n) is 13.8. The molecule has 0 aliphatic heterocycles. The standard InChI is InChI=1S/C30H49NO5/c1-5-6-7-8-9-10-11-12-13-14-15-16-20-23-27(32)26(31-29(34)36-30(2,3)4)24-35-28(33)25-21-18-17-19-22-25/h17-23,26-27,32H,5-16,24H2,1-4H3,(H,31,34)/b23-20+/t26-,27+/m0/s1. The van der Waals surface area contributed by atoms with Crippen molar-refractivity contribution in [3.63, 3.8) is 0 Å². The number of carbonyl (C=O) groups is 2. The van der Waals surface area contributed by atoms with Crippen molar-refractivity contribution < 1.29 is 24.2 Å². The van der Waals surface area contributed by atoms with Gasteiger partial charge in [0.1, 0.15) is 12.2 Å². The Kier molecular flexibility index (Phi) is 16.6. The molecule has 2 atom stereocenters. The minimum absolute atomic E-state index is 0.170. The van der Waals surface area contributed by atoms with Gasteiger partial charge in [-0.3, -0.25) is 0 Å². The molecule has 204 valence electrons. The second-order valence-corrected chi connectivity index (χ2v) is 10.5. The maximum atomic E-state index is 12.3. The van der Waals surface area contributed by atoms with Crippen LogP contribution in [0.3, 0.4) is 0 Å². The summed E-state index contributed by atoms with van der Waals surface area (Å²) in [5.41, 5.74) is -0.263. The second-order valence-electron chi connectivity index (χ2n) is 10.5. The number of ether oxygens (including phenoxy) is 2. The number of carbonyl (C=O) groups excluding carboxylic acids is 2. The molecule has 2 N–H and O–H groups in total. The van der Waals surface area contributed by atoms with Crippen molar-refractivity contribution in [3.05, 3.63) is 48.0 Å². The van der Waals surface area contributed by atoms with Gasteiger partial charge in [0.25, 0.3) is 0 Å². The molecule has 1 rings (SSSR count). The van der Waals surface area contributed by atoms with E-state index in [0.29, 0.717) is 5.56 Å². The van der Waals surface area contributed by atoms with Gasteiger partial charge in [-0.1, -0.05) is 101 Å². The largest absolute Gasteiger partial charge is 0.460 e. The van der Waals surface area contributed by atoms with Gasteiger partial charge in [-0.2, -0.15) is 0 Å². The number of alkyl carbamates (subject to hydrolysis) is 1. The molecular weight excluding hydrogens is 454 g/mol. The number of nitrogens with one attached hydrogen (secondary N) is 1. The Morgan fingerprint density at radius 3 is 2.03 bits per heavy atom. The van der Waals surface area contributed by atoms with Gasteiger partial charge >= 0.3 is 12.1 Å². The molecule has 6 heteroatoms. The van der Waals surface area contributed by atoms with Crippen molar-refractivity contribution in [1.82, 2.24) is 5.32 Å². The predicted octanol–water partition coefficient (Wildman–Crippen LogP) is 7.35. The Balaban J connectivity index is 2.40. The number of rotatable bonds is 18. The van der Waals surface area contributed by atoms with E-state index in [4.69, 9.17) is 9.47 Å². The van der Waals surface area contributed by atoms with Crippen LogP contribution >= 0.6 is 0 Å². The van der Waals surface area contributed by atoms with Crippen molar-refractivity contribution in [2.45, 2.75) is 122 Å². The van der Waals surface area contributed by atoms with Crippen LogP contribution in [0.2, 0.25) is 0 Å². The summed E-state index contributed by atoms with van der Waals surface area (Å²) in [5, 5.41) is 13.3. The molecule has 1 amide bonds. The van der Waals surface area contributed by atoms with Crippen LogP contribution in [0.5, 0.6) is 0 Å². The molecule has 0 spiro atoms. The number of amides is 1. The van der Waals surface area contributed by atoms with Crippen LogP contribution in [0.4, 0.5) is 4.79 Å². The van der Waals surface area contributed by atoms with Gasteiger partial charge in [0.15, 0.2) is 0 Å². The first kappa shape index (κ1) is 31.7. The normalized spacial score (nSPS) is 13.4. The molecular formula is C30H49NO5. The zero-order valence-corrected chi connectivity index (χ0v) is 23.0. The Morgan fingerprint density at radius 1 is 0.917 bits per heavy atom. The molecule has 0 aliphatic rings. The Hall–Kier alpha value is -2.34. The molecule has 0 unspecified atom stereocenters. The van der Waals surface area contributed by atoms with Crippen molar-refractivity contribution in [3.8, 4) is 0 Å². The fraction of sp³-hybridized carbons (Fsp3) is 0.667. The molecule has 0 saturated heterocycles. The fourth-order valence-corrected chi connectivity index (χ4v) is 3.80. The number of allylic oxidation sites excluding steroid dienone is 1. The van der Waals surface area contributed by atoms with Gasteiger partial charge in [-0.25, -0.2) is 9.59 Å². The summed E-state index contributed by atoms with van der Waals surface area (Å²) in [7, 11) is 0. The van der Waals surface area contributed by atoms with Crippen LogP contribution in [0.25, 0.3) is 0 Å². The van der Waals surface area contributed by atoms with Crippen LogP contribution < -0.4 is 5.32 Å². The summed E-state index contributed by atoms with van der Waals surface area (Å²) in [6.45, 7) is 7.37. The Bertz CT molecular complexity index is 741. The lowest BCUT2D eigenvalue weighted by Gasteiger charge is -2.25. The predicted molar refractivity (Wildman–Crippen MR) is 146 cm³/mol. The van der Waals surface area contributed by atoms with Crippen LogP contribution in [-0.4, -0.2) is 41.5 Å². The van der Waals surface area contributed by atoms with Crippen LogP contribution in [0.15, 0.2) is 42.5 Å². The molecule has 0 aliphatic carbocycles. The second kappa shape index (κ2) is 18.9. The SMILES string of the molecule is CCCCCCCCCCCCC/C=C/[C@@H](O)[C@H](COC(=O)c1ccccc1)NC(=O)OC(C)(C)C. The summed E-state index contributed by atoms with van der Waals surface area (Å²) in [4.78, 5) is 24.6. The third-order valence-corrected chi connectivity index (χ3v) is 5.83. The van der Waals surface area contributed by atoms with E-state index in [1.54, 1.807) is 51.1 Å². The molecule has 0 heterocycles. The lowest BCUT2D eigenvalue weighted by atomic mass is 10.0. The number of esters is 1. The molecule has 0 bridgehead atoms. The topological polar surface area (TPSA) is 84.9 Å². The van der Waals surface area contributed by atoms with E-state index in [1.807, 2.05) is 12.1 Å². The van der Waals surface area contributed by atoms with Gasteiger partial charge in [0.05, 0.1) is 17.7 Å². The number of benzene rings is 1. The monoisotopic (exact) mass is 503 g/mol. The Morgan fingerprint density at radius 2 is 1.47 bits per heavy atom. The molecule has 0 aromatic heterocycles. The van der Waals surface area contributed by atoms with Gasteiger partial charge in [-0.15, -0.1) is 0 Å². The Labute approximate surface area is 218 Å². The smallest absolute Gasteiger partial charge is 0.408 e. The van der Waals surface area contributed by atoms with E-state index in [0.717, 1.165) is 12.8 Å². The highest BCUT2D eigenvalue weighted by Crippen LogP contribution is 2.13. The third-order valence-electron chi connectivity index (χ3n) is 5.83. The molecule has 6 nitrogen and oxygen atoms in total. The lowest BCUT2D eigenvalue weighted by Crippen LogP contribution is -2.47. The summed E-state index contributed by atoms with van der Waals surface area (Å²) in [6, 6.07) is 7.80. The molecule has 1 aromatic carbocycles. The highest BCUT2D eigenvalue weighted by molar-refractivity contribution is 5.89. The van der Waals surface area contributed by atoms with E-state index < -0.39 is 29.8 Å². The quantitative estimate of drug-likeness (QED) is 0.124.